The molecule has 134 valence electrons. The van der Waals surface area contributed by atoms with Crippen molar-refractivity contribution in [2.24, 2.45) is 0 Å². The smallest absolute Gasteiger partial charge is 0.251 e. The number of benzene rings is 2. The van der Waals surface area contributed by atoms with Gasteiger partial charge in [-0.2, -0.15) is 0 Å². The van der Waals surface area contributed by atoms with Crippen molar-refractivity contribution in [3.63, 3.8) is 0 Å². The highest BCUT2D eigenvalue weighted by Crippen LogP contribution is 2.15. The second-order valence-electron chi connectivity index (χ2n) is 5.73. The molecule has 0 bridgehead atoms. The molecule has 2 aromatic rings. The van der Waals surface area contributed by atoms with E-state index in [1.165, 1.54) is 12.1 Å². The van der Waals surface area contributed by atoms with Crippen LogP contribution in [0.5, 0.6) is 0 Å². The molecular weight excluding hydrogens is 338 g/mol. The summed E-state index contributed by atoms with van der Waals surface area (Å²) in [5.41, 5.74) is 8.48. The SMILES string of the molecule is CCNS(=O)(=O)c1ccc(C)c(C(=O)NCCc2ccc(N)cc2)c1. The standard InChI is InChI=1S/C18H23N3O3S/c1-3-21-25(23,24)16-9-4-13(2)17(12-16)18(22)20-11-10-14-5-7-15(19)8-6-14/h4-9,12,21H,3,10-11,19H2,1-2H3,(H,20,22). The number of hydrogen-bond acceptors (Lipinski definition) is 4. The summed E-state index contributed by atoms with van der Waals surface area (Å²) in [4.78, 5) is 12.5. The average molecular weight is 361 g/mol. The number of rotatable bonds is 7. The fraction of sp³-hybridized carbons (Fsp3) is 0.278. The van der Waals surface area contributed by atoms with Crippen LogP contribution in [0.3, 0.4) is 0 Å². The molecule has 25 heavy (non-hydrogen) atoms. The fourth-order valence-electron chi connectivity index (χ4n) is 2.39. The Morgan fingerprint density at radius 2 is 1.80 bits per heavy atom. The molecule has 0 aliphatic heterocycles. The summed E-state index contributed by atoms with van der Waals surface area (Å²) in [6, 6.07) is 12.0. The average Bonchev–Trinajstić information content (AvgIpc) is 2.56. The lowest BCUT2D eigenvalue weighted by atomic mass is 10.1. The quantitative estimate of drug-likeness (QED) is 0.655. The van der Waals surface area contributed by atoms with E-state index in [1.807, 2.05) is 24.3 Å². The third kappa shape index (κ3) is 5.04. The van der Waals surface area contributed by atoms with Crippen LogP contribution < -0.4 is 15.8 Å². The summed E-state index contributed by atoms with van der Waals surface area (Å²) in [5, 5.41) is 2.83. The molecule has 2 rings (SSSR count). The minimum Gasteiger partial charge on any atom is -0.399 e. The minimum atomic E-state index is -3.59. The Balaban J connectivity index is 2.07. The predicted octanol–water partition coefficient (Wildman–Crippen LogP) is 1.85. The van der Waals surface area contributed by atoms with Crippen molar-refractivity contribution in [3.05, 3.63) is 59.2 Å². The van der Waals surface area contributed by atoms with Gasteiger partial charge in [-0.25, -0.2) is 13.1 Å². The summed E-state index contributed by atoms with van der Waals surface area (Å²) in [5.74, 6) is -0.290. The lowest BCUT2D eigenvalue weighted by molar-refractivity contribution is 0.0953. The lowest BCUT2D eigenvalue weighted by Crippen LogP contribution is -2.27. The van der Waals surface area contributed by atoms with Crippen LogP contribution in [-0.2, 0) is 16.4 Å². The topological polar surface area (TPSA) is 101 Å². The molecule has 0 aromatic heterocycles. The van der Waals surface area contributed by atoms with E-state index in [0.29, 0.717) is 30.8 Å². The third-order valence-electron chi connectivity index (χ3n) is 3.78. The summed E-state index contributed by atoms with van der Waals surface area (Å²) >= 11 is 0. The Labute approximate surface area is 148 Å². The van der Waals surface area contributed by atoms with Crippen LogP contribution in [0.2, 0.25) is 0 Å². The third-order valence-corrected chi connectivity index (χ3v) is 5.32. The van der Waals surface area contributed by atoms with E-state index >= 15 is 0 Å². The number of aryl methyl sites for hydroxylation is 1. The van der Waals surface area contributed by atoms with Crippen LogP contribution >= 0.6 is 0 Å². The Bertz CT molecular complexity index is 846. The number of carbonyl (C=O) groups is 1. The van der Waals surface area contributed by atoms with Gasteiger partial charge in [0.05, 0.1) is 4.90 Å². The van der Waals surface area contributed by atoms with Crippen LogP contribution in [-0.4, -0.2) is 27.4 Å². The lowest BCUT2D eigenvalue weighted by Gasteiger charge is -2.11. The molecule has 0 spiro atoms. The second-order valence-corrected chi connectivity index (χ2v) is 7.49. The monoisotopic (exact) mass is 361 g/mol. The van der Waals surface area contributed by atoms with Gasteiger partial charge in [0.25, 0.3) is 5.91 Å². The molecule has 1 amide bonds. The molecule has 4 N–H and O–H groups in total. The Morgan fingerprint density at radius 3 is 2.44 bits per heavy atom. The number of nitrogens with two attached hydrogens (primary N) is 1. The van der Waals surface area contributed by atoms with E-state index in [0.717, 1.165) is 11.1 Å². The highest BCUT2D eigenvalue weighted by Gasteiger charge is 2.17. The number of anilines is 1. The van der Waals surface area contributed by atoms with E-state index in [-0.39, 0.29) is 10.8 Å². The number of amides is 1. The molecule has 0 unspecified atom stereocenters. The Kier molecular flexibility index (Phi) is 6.17. The van der Waals surface area contributed by atoms with Gasteiger partial charge in [-0.15, -0.1) is 0 Å². The van der Waals surface area contributed by atoms with Gasteiger partial charge in [-0.1, -0.05) is 25.1 Å². The molecule has 0 saturated carbocycles. The van der Waals surface area contributed by atoms with Crippen molar-refractivity contribution >= 4 is 21.6 Å². The Hall–Kier alpha value is -2.38. The van der Waals surface area contributed by atoms with Gasteiger partial charge in [0.2, 0.25) is 10.0 Å². The molecular formula is C18H23N3O3S. The fourth-order valence-corrected chi connectivity index (χ4v) is 3.45. The number of nitrogens with one attached hydrogen (secondary N) is 2. The number of hydrogen-bond donors (Lipinski definition) is 3. The van der Waals surface area contributed by atoms with Gasteiger partial charge in [-0.05, 0) is 48.7 Å². The Morgan fingerprint density at radius 1 is 1.12 bits per heavy atom. The van der Waals surface area contributed by atoms with Gasteiger partial charge in [0.1, 0.15) is 0 Å². The zero-order valence-electron chi connectivity index (χ0n) is 14.4. The maximum atomic E-state index is 12.4. The van der Waals surface area contributed by atoms with Crippen LogP contribution in [0.4, 0.5) is 5.69 Å². The largest absolute Gasteiger partial charge is 0.399 e. The minimum absolute atomic E-state index is 0.0867. The molecule has 0 aliphatic carbocycles. The predicted molar refractivity (Wildman–Crippen MR) is 98.9 cm³/mol. The van der Waals surface area contributed by atoms with Crippen LogP contribution in [0, 0.1) is 6.92 Å². The van der Waals surface area contributed by atoms with Crippen molar-refractivity contribution < 1.29 is 13.2 Å². The van der Waals surface area contributed by atoms with Crippen molar-refractivity contribution in [2.75, 3.05) is 18.8 Å². The van der Waals surface area contributed by atoms with E-state index in [9.17, 15) is 13.2 Å². The van der Waals surface area contributed by atoms with E-state index in [4.69, 9.17) is 5.73 Å². The summed E-state index contributed by atoms with van der Waals surface area (Å²) in [7, 11) is -3.59. The summed E-state index contributed by atoms with van der Waals surface area (Å²) in [6.07, 6.45) is 0.667. The van der Waals surface area contributed by atoms with Crippen LogP contribution in [0.1, 0.15) is 28.4 Å². The molecule has 6 nitrogen and oxygen atoms in total. The van der Waals surface area contributed by atoms with Gasteiger partial charge in [0.15, 0.2) is 0 Å². The number of carbonyl (C=O) groups excluding carboxylic acids is 1. The van der Waals surface area contributed by atoms with Crippen LogP contribution in [0.15, 0.2) is 47.4 Å². The van der Waals surface area contributed by atoms with Gasteiger partial charge >= 0.3 is 0 Å². The first kappa shape index (κ1) is 19.0. The van der Waals surface area contributed by atoms with Crippen LogP contribution in [0.25, 0.3) is 0 Å². The highest BCUT2D eigenvalue weighted by atomic mass is 32.2. The van der Waals surface area contributed by atoms with E-state index in [1.54, 1.807) is 19.9 Å². The first-order valence-corrected chi connectivity index (χ1v) is 9.54. The molecule has 0 atom stereocenters. The first-order chi connectivity index (χ1) is 11.8. The summed E-state index contributed by atoms with van der Waals surface area (Å²) < 4.78 is 26.6. The van der Waals surface area contributed by atoms with Crippen molar-refractivity contribution in [3.8, 4) is 0 Å². The van der Waals surface area contributed by atoms with Crippen molar-refractivity contribution in [1.82, 2.24) is 10.0 Å². The zero-order valence-corrected chi connectivity index (χ0v) is 15.2. The summed E-state index contributed by atoms with van der Waals surface area (Å²) in [6.45, 7) is 4.22. The van der Waals surface area contributed by atoms with E-state index in [2.05, 4.69) is 10.0 Å². The molecule has 0 saturated heterocycles. The first-order valence-electron chi connectivity index (χ1n) is 8.06. The number of nitrogen functional groups attached to an aromatic ring is 1. The van der Waals surface area contributed by atoms with Crippen molar-refractivity contribution in [2.45, 2.75) is 25.2 Å². The molecule has 7 heteroatoms. The maximum Gasteiger partial charge on any atom is 0.251 e. The molecule has 0 radical (unpaired) electrons. The maximum absolute atomic E-state index is 12.4. The highest BCUT2D eigenvalue weighted by molar-refractivity contribution is 7.89. The van der Waals surface area contributed by atoms with Crippen molar-refractivity contribution in [1.29, 1.82) is 0 Å². The number of sulfonamides is 1. The normalized spacial score (nSPS) is 11.3. The molecule has 0 heterocycles. The zero-order chi connectivity index (χ0) is 18.4. The van der Waals surface area contributed by atoms with Gasteiger partial charge in [-0.3, -0.25) is 4.79 Å². The molecule has 0 aliphatic rings. The second kappa shape index (κ2) is 8.13. The molecule has 0 fully saturated rings. The molecule has 2 aromatic carbocycles. The van der Waals surface area contributed by atoms with E-state index < -0.39 is 10.0 Å². The van der Waals surface area contributed by atoms with Gasteiger partial charge < -0.3 is 11.1 Å². The van der Waals surface area contributed by atoms with Gasteiger partial charge in [0, 0.05) is 24.3 Å².